The van der Waals surface area contributed by atoms with Gasteiger partial charge in [0.15, 0.2) is 0 Å². The van der Waals surface area contributed by atoms with E-state index < -0.39 is 0 Å². The highest BCUT2D eigenvalue weighted by molar-refractivity contribution is 7.14. The number of carbonyl (C=O) groups is 1. The lowest BCUT2D eigenvalue weighted by atomic mass is 10.2. The molecular formula is C14H16N2O2S. The Morgan fingerprint density at radius 2 is 1.95 bits per heavy atom. The zero-order valence-corrected chi connectivity index (χ0v) is 12.0. The molecule has 2 aromatic rings. The summed E-state index contributed by atoms with van der Waals surface area (Å²) in [7, 11) is 3.36. The largest absolute Gasteiger partial charge is 0.497 e. The third-order valence-electron chi connectivity index (χ3n) is 2.93. The third-order valence-corrected chi connectivity index (χ3v) is 3.99. The Labute approximate surface area is 116 Å². The molecule has 0 aliphatic heterocycles. The molecule has 0 spiro atoms. The van der Waals surface area contributed by atoms with E-state index in [1.54, 1.807) is 25.1 Å². The summed E-state index contributed by atoms with van der Waals surface area (Å²) in [6.45, 7) is 1.91. The van der Waals surface area contributed by atoms with E-state index in [0.29, 0.717) is 10.6 Å². The fraction of sp³-hybridized carbons (Fsp3) is 0.214. The van der Waals surface area contributed by atoms with Gasteiger partial charge in [-0.1, -0.05) is 0 Å². The van der Waals surface area contributed by atoms with Gasteiger partial charge in [-0.3, -0.25) is 4.79 Å². The first kappa shape index (κ1) is 13.4. The highest BCUT2D eigenvalue weighted by Gasteiger charge is 2.16. The minimum absolute atomic E-state index is 0.0602. The van der Waals surface area contributed by atoms with Crippen LogP contribution >= 0.6 is 11.3 Å². The van der Waals surface area contributed by atoms with Gasteiger partial charge < -0.3 is 15.4 Å². The number of benzene rings is 1. The van der Waals surface area contributed by atoms with Crippen LogP contribution in [0.1, 0.15) is 14.5 Å². The fourth-order valence-corrected chi connectivity index (χ4v) is 2.61. The number of ether oxygens (including phenoxy) is 1. The Morgan fingerprint density at radius 1 is 1.32 bits per heavy atom. The number of rotatable bonds is 3. The molecule has 0 saturated heterocycles. The maximum atomic E-state index is 12.3. The smallest absolute Gasteiger partial charge is 0.268 e. The molecule has 5 heteroatoms. The lowest BCUT2D eigenvalue weighted by Crippen LogP contribution is -2.25. The van der Waals surface area contributed by atoms with Gasteiger partial charge in [-0.05, 0) is 37.3 Å². The second kappa shape index (κ2) is 5.32. The average molecular weight is 276 g/mol. The van der Waals surface area contributed by atoms with Crippen molar-refractivity contribution in [2.75, 3.05) is 24.8 Å². The molecule has 0 radical (unpaired) electrons. The van der Waals surface area contributed by atoms with Crippen LogP contribution in [0.5, 0.6) is 5.75 Å². The monoisotopic (exact) mass is 276 g/mol. The molecule has 1 amide bonds. The molecule has 100 valence electrons. The highest BCUT2D eigenvalue weighted by Crippen LogP contribution is 2.26. The van der Waals surface area contributed by atoms with Crippen LogP contribution < -0.4 is 15.4 Å². The van der Waals surface area contributed by atoms with E-state index in [-0.39, 0.29) is 5.91 Å². The number of carbonyl (C=O) groups excluding carboxylic acids is 1. The lowest BCUT2D eigenvalue weighted by molar-refractivity contribution is 0.0997. The van der Waals surface area contributed by atoms with Crippen LogP contribution in [0.15, 0.2) is 30.3 Å². The first-order chi connectivity index (χ1) is 9.02. The van der Waals surface area contributed by atoms with Gasteiger partial charge >= 0.3 is 0 Å². The highest BCUT2D eigenvalue weighted by atomic mass is 32.1. The summed E-state index contributed by atoms with van der Waals surface area (Å²) in [6.07, 6.45) is 0. The predicted molar refractivity (Wildman–Crippen MR) is 79.2 cm³/mol. The Morgan fingerprint density at radius 3 is 2.42 bits per heavy atom. The summed E-state index contributed by atoms with van der Waals surface area (Å²) in [5.41, 5.74) is 7.26. The van der Waals surface area contributed by atoms with Crippen molar-refractivity contribution in [1.82, 2.24) is 0 Å². The maximum Gasteiger partial charge on any atom is 0.268 e. The zero-order chi connectivity index (χ0) is 14.0. The van der Waals surface area contributed by atoms with Gasteiger partial charge in [0.1, 0.15) is 5.75 Å². The predicted octanol–water partition coefficient (Wildman–Crippen LogP) is 2.92. The number of thiophene rings is 1. The van der Waals surface area contributed by atoms with Gasteiger partial charge in [-0.2, -0.15) is 0 Å². The van der Waals surface area contributed by atoms with Crippen LogP contribution in [-0.4, -0.2) is 20.1 Å². The summed E-state index contributed by atoms with van der Waals surface area (Å²) in [5, 5.41) is 0. The number of anilines is 2. The molecular weight excluding hydrogens is 260 g/mol. The number of aryl methyl sites for hydroxylation is 1. The summed E-state index contributed by atoms with van der Waals surface area (Å²) < 4.78 is 5.10. The Kier molecular flexibility index (Phi) is 3.76. The van der Waals surface area contributed by atoms with Crippen LogP contribution in [0.2, 0.25) is 0 Å². The standard InChI is InChI=1S/C14H16N2O2S/c1-9-12(15)8-13(19-9)14(17)16(2)10-4-6-11(18-3)7-5-10/h4-8H,15H2,1-3H3. The van der Waals surface area contributed by atoms with Crippen molar-refractivity contribution >= 4 is 28.6 Å². The quantitative estimate of drug-likeness (QED) is 0.937. The van der Waals surface area contributed by atoms with Crippen LogP contribution in [0, 0.1) is 6.92 Å². The molecule has 2 rings (SSSR count). The summed E-state index contributed by atoms with van der Waals surface area (Å²) in [6, 6.07) is 9.07. The van der Waals surface area contributed by atoms with Crippen molar-refractivity contribution in [3.05, 3.63) is 40.1 Å². The van der Waals surface area contributed by atoms with E-state index >= 15 is 0 Å². The molecule has 4 nitrogen and oxygen atoms in total. The molecule has 0 unspecified atom stereocenters. The van der Waals surface area contributed by atoms with Gasteiger partial charge in [0.25, 0.3) is 5.91 Å². The van der Waals surface area contributed by atoms with Crippen molar-refractivity contribution in [3.8, 4) is 5.75 Å². The molecule has 1 aromatic heterocycles. The SMILES string of the molecule is COc1ccc(N(C)C(=O)c2cc(N)c(C)s2)cc1. The number of nitrogens with zero attached hydrogens (tertiary/aromatic N) is 1. The van der Waals surface area contributed by atoms with Crippen LogP contribution in [0.25, 0.3) is 0 Å². The lowest BCUT2D eigenvalue weighted by Gasteiger charge is -2.16. The summed E-state index contributed by atoms with van der Waals surface area (Å²) >= 11 is 1.41. The molecule has 0 bridgehead atoms. The van der Waals surface area contributed by atoms with Crippen molar-refractivity contribution < 1.29 is 9.53 Å². The Balaban J connectivity index is 2.22. The number of methoxy groups -OCH3 is 1. The third kappa shape index (κ3) is 2.71. The molecule has 2 N–H and O–H groups in total. The molecule has 1 heterocycles. The summed E-state index contributed by atoms with van der Waals surface area (Å²) in [4.78, 5) is 15.5. The normalized spacial score (nSPS) is 10.3. The molecule has 0 atom stereocenters. The van der Waals surface area contributed by atoms with Crippen molar-refractivity contribution in [1.29, 1.82) is 0 Å². The molecule has 0 aliphatic rings. The minimum Gasteiger partial charge on any atom is -0.497 e. The Bertz CT molecular complexity index is 570. The van der Waals surface area contributed by atoms with E-state index in [1.165, 1.54) is 11.3 Å². The number of nitrogens with two attached hydrogens (primary N) is 1. The first-order valence-electron chi connectivity index (χ1n) is 5.81. The van der Waals surface area contributed by atoms with Gasteiger partial charge in [-0.15, -0.1) is 11.3 Å². The van der Waals surface area contributed by atoms with Gasteiger partial charge in [0.2, 0.25) is 0 Å². The second-order valence-corrected chi connectivity index (χ2v) is 5.44. The van der Waals surface area contributed by atoms with Gasteiger partial charge in [0.05, 0.1) is 12.0 Å². The average Bonchev–Trinajstić information content (AvgIpc) is 2.77. The number of nitrogen functional groups attached to an aromatic ring is 1. The van der Waals surface area contributed by atoms with Crippen LogP contribution in [-0.2, 0) is 0 Å². The maximum absolute atomic E-state index is 12.3. The Hall–Kier alpha value is -2.01. The molecule has 0 saturated carbocycles. The van der Waals surface area contributed by atoms with Crippen LogP contribution in [0.3, 0.4) is 0 Å². The molecule has 19 heavy (non-hydrogen) atoms. The van der Waals surface area contributed by atoms with Gasteiger partial charge in [-0.25, -0.2) is 0 Å². The van der Waals surface area contributed by atoms with E-state index in [2.05, 4.69) is 0 Å². The number of amides is 1. The van der Waals surface area contributed by atoms with E-state index in [9.17, 15) is 4.79 Å². The topological polar surface area (TPSA) is 55.6 Å². The summed E-state index contributed by atoms with van der Waals surface area (Å²) in [5.74, 6) is 0.704. The van der Waals surface area contributed by atoms with Crippen molar-refractivity contribution in [2.24, 2.45) is 0 Å². The second-order valence-electron chi connectivity index (χ2n) is 4.18. The van der Waals surface area contributed by atoms with E-state index in [1.807, 2.05) is 31.2 Å². The van der Waals surface area contributed by atoms with Crippen molar-refractivity contribution in [2.45, 2.75) is 6.92 Å². The van der Waals surface area contributed by atoms with E-state index in [4.69, 9.17) is 10.5 Å². The van der Waals surface area contributed by atoms with E-state index in [0.717, 1.165) is 16.3 Å². The molecule has 1 aromatic carbocycles. The number of hydrogen-bond acceptors (Lipinski definition) is 4. The fourth-order valence-electron chi connectivity index (χ4n) is 1.69. The van der Waals surface area contributed by atoms with Crippen molar-refractivity contribution in [3.63, 3.8) is 0 Å². The minimum atomic E-state index is -0.0602. The van der Waals surface area contributed by atoms with Crippen LogP contribution in [0.4, 0.5) is 11.4 Å². The first-order valence-corrected chi connectivity index (χ1v) is 6.62. The zero-order valence-electron chi connectivity index (χ0n) is 11.1. The molecule has 0 fully saturated rings. The molecule has 0 aliphatic carbocycles. The van der Waals surface area contributed by atoms with Gasteiger partial charge in [0, 0.05) is 23.3 Å². The number of hydrogen-bond donors (Lipinski definition) is 1.